The second kappa shape index (κ2) is 7.40. The molecule has 0 unspecified atom stereocenters. The van der Waals surface area contributed by atoms with Crippen molar-refractivity contribution < 1.29 is 14.2 Å². The summed E-state index contributed by atoms with van der Waals surface area (Å²) < 4.78 is 16.6. The van der Waals surface area contributed by atoms with Gasteiger partial charge in [-0.2, -0.15) is 0 Å². The highest BCUT2D eigenvalue weighted by Crippen LogP contribution is 2.34. The molecule has 24 heavy (non-hydrogen) atoms. The van der Waals surface area contributed by atoms with Gasteiger partial charge in [-0.05, 0) is 30.0 Å². The van der Waals surface area contributed by atoms with Crippen LogP contribution in [0.25, 0.3) is 10.9 Å². The number of hydrogen-bond donors (Lipinski definition) is 0. The molecule has 0 saturated heterocycles. The second-order valence-corrected chi connectivity index (χ2v) is 5.92. The van der Waals surface area contributed by atoms with Gasteiger partial charge in [-0.25, -0.2) is 9.97 Å². The van der Waals surface area contributed by atoms with Crippen LogP contribution in [0.3, 0.4) is 0 Å². The molecule has 0 aliphatic heterocycles. The molecule has 6 heteroatoms. The lowest BCUT2D eigenvalue weighted by molar-refractivity contribution is 0.297. The third kappa shape index (κ3) is 3.38. The molecule has 124 valence electrons. The highest BCUT2D eigenvalue weighted by molar-refractivity contribution is 7.98. The van der Waals surface area contributed by atoms with Gasteiger partial charge in [0.15, 0.2) is 11.5 Å². The highest BCUT2D eigenvalue weighted by Gasteiger charge is 2.12. The molecule has 0 amide bonds. The third-order valence-corrected chi connectivity index (χ3v) is 4.34. The Morgan fingerprint density at radius 1 is 1.00 bits per heavy atom. The Morgan fingerprint density at radius 3 is 2.54 bits per heavy atom. The smallest absolute Gasteiger partial charge is 0.224 e. The minimum atomic E-state index is 0.439. The molecular formula is C18H18N2O3S. The first-order valence-corrected chi connectivity index (χ1v) is 8.60. The van der Waals surface area contributed by atoms with E-state index in [0.29, 0.717) is 24.0 Å². The van der Waals surface area contributed by atoms with Crippen molar-refractivity contribution in [3.05, 3.63) is 48.3 Å². The quantitative estimate of drug-likeness (QED) is 0.632. The van der Waals surface area contributed by atoms with Gasteiger partial charge in [0, 0.05) is 11.0 Å². The Labute approximate surface area is 145 Å². The molecule has 1 aromatic heterocycles. The van der Waals surface area contributed by atoms with E-state index in [-0.39, 0.29) is 0 Å². The molecule has 0 spiro atoms. The molecule has 1 heterocycles. The maximum atomic E-state index is 5.92. The summed E-state index contributed by atoms with van der Waals surface area (Å²) in [5.74, 6) is 1.77. The summed E-state index contributed by atoms with van der Waals surface area (Å²) in [4.78, 5) is 9.74. The van der Waals surface area contributed by atoms with Crippen LogP contribution in [0, 0.1) is 0 Å². The van der Waals surface area contributed by atoms with Crippen LogP contribution in [0.4, 0.5) is 0 Å². The largest absolute Gasteiger partial charge is 0.493 e. The lowest BCUT2D eigenvalue weighted by Gasteiger charge is -2.12. The number of ether oxygens (including phenoxy) is 3. The van der Waals surface area contributed by atoms with Crippen LogP contribution < -0.4 is 14.2 Å². The van der Waals surface area contributed by atoms with E-state index >= 15 is 0 Å². The van der Waals surface area contributed by atoms with Crippen molar-refractivity contribution in [3.8, 4) is 17.4 Å². The average Bonchev–Trinajstić information content (AvgIpc) is 2.65. The summed E-state index contributed by atoms with van der Waals surface area (Å²) in [6.45, 7) is 0.439. The predicted octanol–water partition coefficient (Wildman–Crippen LogP) is 3.95. The van der Waals surface area contributed by atoms with E-state index in [2.05, 4.69) is 28.4 Å². The van der Waals surface area contributed by atoms with E-state index in [9.17, 15) is 0 Å². The molecule has 0 N–H and O–H groups in total. The highest BCUT2D eigenvalue weighted by atomic mass is 32.2. The van der Waals surface area contributed by atoms with E-state index in [1.54, 1.807) is 26.0 Å². The number of fused-ring (bicyclic) bond motifs is 1. The van der Waals surface area contributed by atoms with Gasteiger partial charge < -0.3 is 14.2 Å². The van der Waals surface area contributed by atoms with Crippen LogP contribution in [0.15, 0.2) is 47.6 Å². The molecule has 0 atom stereocenters. The Bertz CT molecular complexity index is 855. The summed E-state index contributed by atoms with van der Waals surface area (Å²) in [5, 5.41) is 0.788. The summed E-state index contributed by atoms with van der Waals surface area (Å²) in [6.07, 6.45) is 3.54. The van der Waals surface area contributed by atoms with Crippen molar-refractivity contribution in [2.75, 3.05) is 20.5 Å². The maximum Gasteiger partial charge on any atom is 0.224 e. The van der Waals surface area contributed by atoms with Gasteiger partial charge in [0.25, 0.3) is 0 Å². The Balaban J connectivity index is 1.91. The number of aromatic nitrogens is 2. The SMILES string of the molecule is COc1cc2ncnc(OCc3cccc(SC)c3)c2cc1OC. The van der Waals surface area contributed by atoms with E-state index < -0.39 is 0 Å². The minimum Gasteiger partial charge on any atom is -0.493 e. The van der Waals surface area contributed by atoms with E-state index in [0.717, 1.165) is 16.5 Å². The number of nitrogens with zero attached hydrogens (tertiary/aromatic N) is 2. The fourth-order valence-corrected chi connectivity index (χ4v) is 2.87. The molecule has 3 aromatic rings. The van der Waals surface area contributed by atoms with Gasteiger partial charge in [-0.1, -0.05) is 12.1 Å². The lowest BCUT2D eigenvalue weighted by atomic mass is 10.2. The van der Waals surface area contributed by atoms with E-state index in [1.807, 2.05) is 24.3 Å². The van der Waals surface area contributed by atoms with Crippen molar-refractivity contribution >= 4 is 22.7 Å². The molecule has 0 bridgehead atoms. The molecule has 0 aliphatic rings. The fourth-order valence-electron chi connectivity index (χ4n) is 2.39. The molecule has 5 nitrogen and oxygen atoms in total. The van der Waals surface area contributed by atoms with Gasteiger partial charge in [-0.15, -0.1) is 11.8 Å². The summed E-state index contributed by atoms with van der Waals surface area (Å²) in [6, 6.07) is 11.9. The van der Waals surface area contributed by atoms with Crippen LogP contribution >= 0.6 is 11.8 Å². The van der Waals surface area contributed by atoms with Crippen molar-refractivity contribution in [3.63, 3.8) is 0 Å². The van der Waals surface area contributed by atoms with Gasteiger partial charge in [0.1, 0.15) is 12.9 Å². The molecule has 0 saturated carbocycles. The second-order valence-electron chi connectivity index (χ2n) is 5.04. The summed E-state index contributed by atoms with van der Waals surface area (Å²) >= 11 is 1.70. The molecule has 0 radical (unpaired) electrons. The summed E-state index contributed by atoms with van der Waals surface area (Å²) in [7, 11) is 3.20. The number of methoxy groups -OCH3 is 2. The zero-order valence-electron chi connectivity index (χ0n) is 13.8. The van der Waals surface area contributed by atoms with Crippen LogP contribution in [0.5, 0.6) is 17.4 Å². The molecule has 3 rings (SSSR count). The first-order chi connectivity index (χ1) is 11.7. The van der Waals surface area contributed by atoms with Crippen LogP contribution in [0.2, 0.25) is 0 Å². The van der Waals surface area contributed by atoms with E-state index in [1.165, 1.54) is 11.2 Å². The van der Waals surface area contributed by atoms with Crippen LogP contribution in [-0.2, 0) is 6.61 Å². The molecule has 2 aromatic carbocycles. The number of hydrogen-bond acceptors (Lipinski definition) is 6. The topological polar surface area (TPSA) is 53.5 Å². The van der Waals surface area contributed by atoms with Crippen molar-refractivity contribution in [2.24, 2.45) is 0 Å². The first kappa shape index (κ1) is 16.4. The van der Waals surface area contributed by atoms with Crippen molar-refractivity contribution in [1.29, 1.82) is 0 Å². The molecular weight excluding hydrogens is 324 g/mol. The van der Waals surface area contributed by atoms with Gasteiger partial charge in [0.2, 0.25) is 5.88 Å². The Morgan fingerprint density at radius 2 is 1.79 bits per heavy atom. The monoisotopic (exact) mass is 342 g/mol. The minimum absolute atomic E-state index is 0.439. The Hall–Kier alpha value is -2.47. The lowest BCUT2D eigenvalue weighted by Crippen LogP contribution is -2.00. The third-order valence-electron chi connectivity index (χ3n) is 3.61. The number of thioether (sulfide) groups is 1. The first-order valence-electron chi connectivity index (χ1n) is 7.37. The van der Waals surface area contributed by atoms with Gasteiger partial charge in [-0.3, -0.25) is 0 Å². The Kier molecular flexibility index (Phi) is 5.05. The number of rotatable bonds is 6. The fraction of sp³-hybridized carbons (Fsp3) is 0.222. The average molecular weight is 342 g/mol. The zero-order valence-corrected chi connectivity index (χ0v) is 14.6. The van der Waals surface area contributed by atoms with E-state index in [4.69, 9.17) is 14.2 Å². The maximum absolute atomic E-state index is 5.92. The normalized spacial score (nSPS) is 10.6. The summed E-state index contributed by atoms with van der Waals surface area (Å²) in [5.41, 5.74) is 1.84. The van der Waals surface area contributed by atoms with Gasteiger partial charge >= 0.3 is 0 Å². The number of benzene rings is 2. The standard InChI is InChI=1S/C18H18N2O3S/c1-21-16-8-14-15(9-17(16)22-2)19-11-20-18(14)23-10-12-5-4-6-13(7-12)24-3/h4-9,11H,10H2,1-3H3. The molecule has 0 aliphatic carbocycles. The van der Waals surface area contributed by atoms with Crippen molar-refractivity contribution in [2.45, 2.75) is 11.5 Å². The predicted molar refractivity (Wildman–Crippen MR) is 95.2 cm³/mol. The van der Waals surface area contributed by atoms with Crippen LogP contribution in [0.1, 0.15) is 5.56 Å². The zero-order chi connectivity index (χ0) is 16.9. The molecule has 0 fully saturated rings. The van der Waals surface area contributed by atoms with Crippen LogP contribution in [-0.4, -0.2) is 30.4 Å². The van der Waals surface area contributed by atoms with Crippen molar-refractivity contribution in [1.82, 2.24) is 9.97 Å². The van der Waals surface area contributed by atoms with Gasteiger partial charge in [0.05, 0.1) is 25.1 Å².